The third-order valence-electron chi connectivity index (χ3n) is 2.84. The molecule has 0 aliphatic rings. The molecule has 1 amide bonds. The summed E-state index contributed by atoms with van der Waals surface area (Å²) in [5.74, 6) is 0.228. The number of aliphatic hydroxyl groups excluding tert-OH is 1. The van der Waals surface area contributed by atoms with Gasteiger partial charge in [-0.1, -0.05) is 48.0 Å². The second-order valence-electron chi connectivity index (χ2n) is 4.48. The van der Waals surface area contributed by atoms with E-state index in [0.717, 1.165) is 5.56 Å². The van der Waals surface area contributed by atoms with Gasteiger partial charge in [0.1, 0.15) is 5.75 Å². The quantitative estimate of drug-likeness (QED) is 0.862. The number of carbonyl (C=O) groups excluding carboxylic acids is 1. The van der Waals surface area contributed by atoms with Crippen molar-refractivity contribution in [2.45, 2.75) is 6.10 Å². The lowest BCUT2D eigenvalue weighted by Gasteiger charge is -2.12. The number of hydrogen-bond acceptors (Lipinski definition) is 3. The Bertz CT molecular complexity index is 589. The number of hydrogen-bond donors (Lipinski definition) is 2. The molecule has 0 aliphatic heterocycles. The molecule has 2 N–H and O–H groups in total. The lowest BCUT2D eigenvalue weighted by Crippen LogP contribution is -2.32. The highest BCUT2D eigenvalue weighted by Gasteiger charge is 2.09. The second-order valence-corrected chi connectivity index (χ2v) is 4.91. The first-order valence-electron chi connectivity index (χ1n) is 6.53. The topological polar surface area (TPSA) is 58.6 Å². The molecule has 0 radical (unpaired) electrons. The van der Waals surface area contributed by atoms with Gasteiger partial charge in [0.05, 0.1) is 6.10 Å². The SMILES string of the molecule is O=C(COc1cccc(Cl)c1)NCC(O)c1ccccc1. The van der Waals surface area contributed by atoms with Gasteiger partial charge in [0, 0.05) is 11.6 Å². The highest BCUT2D eigenvalue weighted by Crippen LogP contribution is 2.16. The van der Waals surface area contributed by atoms with Gasteiger partial charge in [0.15, 0.2) is 6.61 Å². The van der Waals surface area contributed by atoms with Gasteiger partial charge in [-0.05, 0) is 23.8 Å². The summed E-state index contributed by atoms with van der Waals surface area (Å²) in [6, 6.07) is 16.0. The van der Waals surface area contributed by atoms with Gasteiger partial charge in [-0.25, -0.2) is 0 Å². The normalized spacial score (nSPS) is 11.7. The van der Waals surface area contributed by atoms with E-state index >= 15 is 0 Å². The number of nitrogens with one attached hydrogen (secondary N) is 1. The molecular formula is C16H16ClNO3. The van der Waals surface area contributed by atoms with Crippen LogP contribution in [0.5, 0.6) is 5.75 Å². The van der Waals surface area contributed by atoms with Crippen LogP contribution in [0.3, 0.4) is 0 Å². The fraction of sp³-hybridized carbons (Fsp3) is 0.188. The van der Waals surface area contributed by atoms with E-state index in [1.54, 1.807) is 36.4 Å². The minimum Gasteiger partial charge on any atom is -0.484 e. The van der Waals surface area contributed by atoms with Gasteiger partial charge in [0.2, 0.25) is 0 Å². The first kappa shape index (κ1) is 15.4. The van der Waals surface area contributed by atoms with Gasteiger partial charge in [-0.3, -0.25) is 4.79 Å². The minimum absolute atomic E-state index is 0.123. The predicted octanol–water partition coefficient (Wildman–Crippen LogP) is 2.57. The van der Waals surface area contributed by atoms with E-state index in [9.17, 15) is 9.90 Å². The zero-order chi connectivity index (χ0) is 15.1. The van der Waals surface area contributed by atoms with Crippen molar-refractivity contribution < 1.29 is 14.6 Å². The molecule has 0 saturated carbocycles. The molecule has 4 nitrogen and oxygen atoms in total. The highest BCUT2D eigenvalue weighted by molar-refractivity contribution is 6.30. The Kier molecular flexibility index (Phi) is 5.60. The van der Waals surface area contributed by atoms with Crippen molar-refractivity contribution in [3.63, 3.8) is 0 Å². The summed E-state index contributed by atoms with van der Waals surface area (Å²) < 4.78 is 5.31. The molecule has 0 fully saturated rings. The van der Waals surface area contributed by atoms with Crippen LogP contribution in [0.4, 0.5) is 0 Å². The van der Waals surface area contributed by atoms with E-state index in [1.165, 1.54) is 0 Å². The Hall–Kier alpha value is -2.04. The minimum atomic E-state index is -0.735. The van der Waals surface area contributed by atoms with Crippen molar-refractivity contribution in [3.8, 4) is 5.75 Å². The third-order valence-corrected chi connectivity index (χ3v) is 3.08. The molecule has 0 spiro atoms. The summed E-state index contributed by atoms with van der Waals surface area (Å²) in [6.07, 6.45) is -0.735. The first-order chi connectivity index (χ1) is 10.1. The summed E-state index contributed by atoms with van der Waals surface area (Å²) in [5, 5.41) is 13.1. The highest BCUT2D eigenvalue weighted by atomic mass is 35.5. The molecule has 1 unspecified atom stereocenters. The van der Waals surface area contributed by atoms with Crippen molar-refractivity contribution in [1.29, 1.82) is 0 Å². The Labute approximate surface area is 128 Å². The number of ether oxygens (including phenoxy) is 1. The zero-order valence-corrected chi connectivity index (χ0v) is 12.1. The maximum Gasteiger partial charge on any atom is 0.258 e. The van der Waals surface area contributed by atoms with E-state index < -0.39 is 6.10 Å². The largest absolute Gasteiger partial charge is 0.484 e. The molecule has 5 heteroatoms. The van der Waals surface area contributed by atoms with E-state index in [0.29, 0.717) is 10.8 Å². The van der Waals surface area contributed by atoms with E-state index in [4.69, 9.17) is 16.3 Å². The van der Waals surface area contributed by atoms with Gasteiger partial charge in [-0.2, -0.15) is 0 Å². The number of benzene rings is 2. The van der Waals surface area contributed by atoms with E-state index in [1.807, 2.05) is 18.2 Å². The molecule has 0 aromatic heterocycles. The van der Waals surface area contributed by atoms with Crippen LogP contribution in [0.25, 0.3) is 0 Å². The van der Waals surface area contributed by atoms with E-state index in [-0.39, 0.29) is 19.1 Å². The number of rotatable bonds is 6. The summed E-state index contributed by atoms with van der Waals surface area (Å²) in [4.78, 5) is 11.7. The monoisotopic (exact) mass is 305 g/mol. The van der Waals surface area contributed by atoms with Gasteiger partial charge < -0.3 is 15.2 Å². The molecule has 0 aliphatic carbocycles. The summed E-state index contributed by atoms with van der Waals surface area (Å²) in [6.45, 7) is 0.0175. The van der Waals surface area contributed by atoms with E-state index in [2.05, 4.69) is 5.32 Å². The van der Waals surface area contributed by atoms with Crippen molar-refractivity contribution in [1.82, 2.24) is 5.32 Å². The van der Waals surface area contributed by atoms with Crippen LogP contribution >= 0.6 is 11.6 Å². The maximum atomic E-state index is 11.7. The lowest BCUT2D eigenvalue weighted by atomic mass is 10.1. The number of aliphatic hydroxyl groups is 1. The smallest absolute Gasteiger partial charge is 0.258 e. The molecule has 1 atom stereocenters. The average molecular weight is 306 g/mol. The Morgan fingerprint density at radius 3 is 2.67 bits per heavy atom. The second kappa shape index (κ2) is 7.67. The van der Waals surface area contributed by atoms with Crippen molar-refractivity contribution in [2.24, 2.45) is 0 Å². The Balaban J connectivity index is 1.75. The van der Waals surface area contributed by atoms with Crippen molar-refractivity contribution in [2.75, 3.05) is 13.2 Å². The van der Waals surface area contributed by atoms with Crippen LogP contribution in [0.1, 0.15) is 11.7 Å². The number of carbonyl (C=O) groups is 1. The maximum absolute atomic E-state index is 11.7. The molecule has 0 heterocycles. The van der Waals surface area contributed by atoms with Crippen LogP contribution in [0.15, 0.2) is 54.6 Å². The van der Waals surface area contributed by atoms with Crippen molar-refractivity contribution >= 4 is 17.5 Å². The Morgan fingerprint density at radius 2 is 1.95 bits per heavy atom. The molecule has 110 valence electrons. The van der Waals surface area contributed by atoms with Crippen molar-refractivity contribution in [3.05, 3.63) is 65.2 Å². The fourth-order valence-electron chi connectivity index (χ4n) is 1.76. The fourth-order valence-corrected chi connectivity index (χ4v) is 1.94. The molecule has 21 heavy (non-hydrogen) atoms. The molecule has 2 rings (SSSR count). The summed E-state index contributed by atoms with van der Waals surface area (Å²) in [7, 11) is 0. The van der Waals surface area contributed by atoms with Gasteiger partial charge in [0.25, 0.3) is 5.91 Å². The number of halogens is 1. The van der Waals surface area contributed by atoms with Crippen LogP contribution in [0.2, 0.25) is 5.02 Å². The van der Waals surface area contributed by atoms with Crippen LogP contribution in [-0.4, -0.2) is 24.2 Å². The molecule has 0 saturated heterocycles. The molecule has 2 aromatic rings. The third kappa shape index (κ3) is 5.10. The number of amides is 1. The van der Waals surface area contributed by atoms with Gasteiger partial charge in [-0.15, -0.1) is 0 Å². The summed E-state index contributed by atoms with van der Waals surface area (Å²) >= 11 is 5.82. The first-order valence-corrected chi connectivity index (χ1v) is 6.91. The lowest BCUT2D eigenvalue weighted by molar-refractivity contribution is -0.123. The Morgan fingerprint density at radius 1 is 1.19 bits per heavy atom. The molecular weight excluding hydrogens is 290 g/mol. The average Bonchev–Trinajstić information content (AvgIpc) is 2.51. The van der Waals surface area contributed by atoms with Crippen LogP contribution < -0.4 is 10.1 Å². The van der Waals surface area contributed by atoms with Crippen LogP contribution in [0, 0.1) is 0 Å². The molecule has 2 aromatic carbocycles. The molecule has 0 bridgehead atoms. The standard InChI is InChI=1S/C16H16ClNO3/c17-13-7-4-8-14(9-13)21-11-16(20)18-10-15(19)12-5-2-1-3-6-12/h1-9,15,19H,10-11H2,(H,18,20). The predicted molar refractivity (Wildman–Crippen MR) is 81.4 cm³/mol. The zero-order valence-electron chi connectivity index (χ0n) is 11.3. The summed E-state index contributed by atoms with van der Waals surface area (Å²) in [5.41, 5.74) is 0.758. The van der Waals surface area contributed by atoms with Gasteiger partial charge >= 0.3 is 0 Å². The van der Waals surface area contributed by atoms with Crippen LogP contribution in [-0.2, 0) is 4.79 Å².